The lowest BCUT2D eigenvalue weighted by Crippen LogP contribution is -1.98. The minimum absolute atomic E-state index is 0.916. The van der Waals surface area contributed by atoms with Gasteiger partial charge >= 0.3 is 0 Å². The van der Waals surface area contributed by atoms with E-state index in [1.165, 1.54) is 26.9 Å². The molecule has 0 amide bonds. The van der Waals surface area contributed by atoms with Crippen LogP contribution < -0.4 is 0 Å². The quantitative estimate of drug-likeness (QED) is 0.165. The van der Waals surface area contributed by atoms with Crippen molar-refractivity contribution >= 4 is 65.3 Å². The lowest BCUT2D eigenvalue weighted by molar-refractivity contribution is 1.11. The van der Waals surface area contributed by atoms with Gasteiger partial charge in [-0.15, -0.1) is 0 Å². The molecule has 0 aliphatic carbocycles. The minimum atomic E-state index is 0.916. The third kappa shape index (κ3) is 5.09. The predicted molar refractivity (Wildman–Crippen MR) is 242 cm³/mol. The van der Waals surface area contributed by atoms with Crippen molar-refractivity contribution in [3.63, 3.8) is 0 Å². The number of hydrogen-bond donors (Lipinski definition) is 0. The maximum absolute atomic E-state index is 5.36. The Balaban J connectivity index is 1.06. The van der Waals surface area contributed by atoms with Gasteiger partial charge in [0.05, 0.1) is 33.3 Å². The summed E-state index contributed by atoms with van der Waals surface area (Å²) in [6.45, 7) is 0. The second-order valence-electron chi connectivity index (χ2n) is 15.0. The van der Waals surface area contributed by atoms with Gasteiger partial charge in [-0.25, -0.2) is 9.97 Å². The largest absolute Gasteiger partial charge is 0.309 e. The van der Waals surface area contributed by atoms with Crippen molar-refractivity contribution in [2.75, 3.05) is 0 Å². The zero-order valence-electron chi connectivity index (χ0n) is 31.4. The van der Waals surface area contributed by atoms with Crippen LogP contribution in [0, 0.1) is 0 Å². The monoisotopic (exact) mass is 738 g/mol. The molecular formula is C54H34N4. The molecule has 0 saturated carbocycles. The second kappa shape index (κ2) is 12.9. The number of aromatic nitrogens is 4. The number of rotatable bonds is 5. The fraction of sp³-hybridized carbons (Fsp3) is 0. The van der Waals surface area contributed by atoms with Crippen LogP contribution >= 0.6 is 0 Å². The molecule has 0 aliphatic rings. The number of benzene rings is 9. The number of hydrogen-bond acceptors (Lipinski definition) is 2. The van der Waals surface area contributed by atoms with Gasteiger partial charge in [0, 0.05) is 44.0 Å². The number of pyridine rings is 1. The SMILES string of the molecule is c1ccc(-c2nc3cc4c5ccc(-c6cccc(-c7nc8ccccc8n7-c7ccc8ccccc8c7)c6)cc5n(-c5ccccc5)c4cc3c3ccccc23)cc1. The van der Waals surface area contributed by atoms with Gasteiger partial charge in [-0.2, -0.15) is 0 Å². The molecule has 3 heterocycles. The zero-order valence-corrected chi connectivity index (χ0v) is 31.4. The highest BCUT2D eigenvalue weighted by Gasteiger charge is 2.19. The van der Waals surface area contributed by atoms with E-state index < -0.39 is 0 Å². The summed E-state index contributed by atoms with van der Waals surface area (Å²) in [6, 6.07) is 73.8. The molecule has 12 rings (SSSR count). The van der Waals surface area contributed by atoms with Crippen LogP contribution in [0.1, 0.15) is 0 Å². The molecule has 9 aromatic carbocycles. The van der Waals surface area contributed by atoms with Crippen molar-refractivity contribution < 1.29 is 0 Å². The highest BCUT2D eigenvalue weighted by molar-refractivity contribution is 6.19. The van der Waals surface area contributed by atoms with Crippen molar-refractivity contribution in [3.05, 3.63) is 206 Å². The van der Waals surface area contributed by atoms with Gasteiger partial charge in [0.15, 0.2) is 0 Å². The van der Waals surface area contributed by atoms with Gasteiger partial charge < -0.3 is 4.57 Å². The Morgan fingerprint density at radius 3 is 1.86 bits per heavy atom. The van der Waals surface area contributed by atoms with Crippen LogP contribution in [0.4, 0.5) is 0 Å². The Kier molecular flexibility index (Phi) is 7.20. The average molecular weight is 739 g/mol. The molecule has 0 aliphatic heterocycles. The minimum Gasteiger partial charge on any atom is -0.309 e. The van der Waals surface area contributed by atoms with Crippen molar-refractivity contribution in [2.45, 2.75) is 0 Å². The van der Waals surface area contributed by atoms with E-state index in [2.05, 4.69) is 215 Å². The molecule has 0 atom stereocenters. The van der Waals surface area contributed by atoms with Gasteiger partial charge in [0.2, 0.25) is 0 Å². The van der Waals surface area contributed by atoms with Gasteiger partial charge in [-0.1, -0.05) is 146 Å². The van der Waals surface area contributed by atoms with E-state index in [1.54, 1.807) is 0 Å². The zero-order chi connectivity index (χ0) is 38.2. The van der Waals surface area contributed by atoms with Crippen LogP contribution in [0.15, 0.2) is 206 Å². The maximum atomic E-state index is 5.36. The van der Waals surface area contributed by atoms with Gasteiger partial charge in [0.25, 0.3) is 0 Å². The van der Waals surface area contributed by atoms with Crippen LogP contribution in [0.5, 0.6) is 0 Å². The van der Waals surface area contributed by atoms with Gasteiger partial charge in [-0.3, -0.25) is 4.57 Å². The molecule has 4 heteroatoms. The van der Waals surface area contributed by atoms with Crippen LogP contribution in [0.25, 0.3) is 110 Å². The number of imidazole rings is 1. The Bertz CT molecular complexity index is 3560. The van der Waals surface area contributed by atoms with E-state index in [4.69, 9.17) is 9.97 Å². The van der Waals surface area contributed by atoms with E-state index >= 15 is 0 Å². The first-order valence-corrected chi connectivity index (χ1v) is 19.7. The summed E-state index contributed by atoms with van der Waals surface area (Å²) in [5.74, 6) is 0.916. The summed E-state index contributed by atoms with van der Waals surface area (Å²) in [5.41, 5.74) is 13.0. The molecule has 0 unspecified atom stereocenters. The standard InChI is InChI=1S/C54H34N4/c1-3-15-36(16-4-1)53-45-23-10-9-22-43(45)46-34-52-47(33-49(46)55-53)44-29-27-39(32-51(44)57(52)41-20-5-2-6-21-41)37-18-13-19-40(30-37)54-56-48-24-11-12-25-50(48)58(54)42-28-26-35-14-7-8-17-38(35)31-42/h1-34H. The third-order valence-electron chi connectivity index (χ3n) is 11.7. The first-order chi connectivity index (χ1) is 28.7. The summed E-state index contributed by atoms with van der Waals surface area (Å²) in [4.78, 5) is 10.6. The second-order valence-corrected chi connectivity index (χ2v) is 15.0. The molecule has 0 spiro atoms. The van der Waals surface area contributed by atoms with E-state index in [0.717, 1.165) is 83.5 Å². The average Bonchev–Trinajstić information content (AvgIpc) is 3.84. The first-order valence-electron chi connectivity index (χ1n) is 19.7. The highest BCUT2D eigenvalue weighted by atomic mass is 15.1. The topological polar surface area (TPSA) is 35.6 Å². The first kappa shape index (κ1) is 32.4. The lowest BCUT2D eigenvalue weighted by atomic mass is 9.98. The van der Waals surface area contributed by atoms with Crippen LogP contribution in [0.3, 0.4) is 0 Å². The van der Waals surface area contributed by atoms with Crippen LogP contribution in [0.2, 0.25) is 0 Å². The molecule has 3 aromatic heterocycles. The van der Waals surface area contributed by atoms with E-state index in [9.17, 15) is 0 Å². The summed E-state index contributed by atoms with van der Waals surface area (Å²) >= 11 is 0. The van der Waals surface area contributed by atoms with Crippen molar-refractivity contribution in [1.82, 2.24) is 19.1 Å². The summed E-state index contributed by atoms with van der Waals surface area (Å²) < 4.78 is 4.71. The Morgan fingerprint density at radius 1 is 0.293 bits per heavy atom. The summed E-state index contributed by atoms with van der Waals surface area (Å²) in [5, 5.41) is 8.28. The highest BCUT2D eigenvalue weighted by Crippen LogP contribution is 2.40. The fourth-order valence-electron chi connectivity index (χ4n) is 8.95. The molecule has 0 bridgehead atoms. The maximum Gasteiger partial charge on any atom is 0.145 e. The van der Waals surface area contributed by atoms with Crippen molar-refractivity contribution in [2.24, 2.45) is 0 Å². The molecule has 0 N–H and O–H groups in total. The lowest BCUT2D eigenvalue weighted by Gasteiger charge is -2.13. The van der Waals surface area contributed by atoms with E-state index in [-0.39, 0.29) is 0 Å². The number of fused-ring (bicyclic) bond motifs is 8. The third-order valence-corrected chi connectivity index (χ3v) is 11.7. The molecule has 58 heavy (non-hydrogen) atoms. The van der Waals surface area contributed by atoms with E-state index in [0.29, 0.717) is 0 Å². The van der Waals surface area contributed by atoms with Crippen LogP contribution in [-0.2, 0) is 0 Å². The molecular weight excluding hydrogens is 705 g/mol. The van der Waals surface area contributed by atoms with Crippen molar-refractivity contribution in [3.8, 4) is 45.1 Å². The Morgan fingerprint density at radius 2 is 0.983 bits per heavy atom. The molecule has 4 nitrogen and oxygen atoms in total. The molecule has 12 aromatic rings. The van der Waals surface area contributed by atoms with Crippen molar-refractivity contribution in [1.29, 1.82) is 0 Å². The smallest absolute Gasteiger partial charge is 0.145 e. The Hall–Kier alpha value is -7.82. The molecule has 270 valence electrons. The Labute approximate surface area is 334 Å². The number of para-hydroxylation sites is 3. The number of nitrogens with zero attached hydrogens (tertiary/aromatic N) is 4. The molecule has 0 radical (unpaired) electrons. The van der Waals surface area contributed by atoms with E-state index in [1.807, 2.05) is 0 Å². The van der Waals surface area contributed by atoms with Crippen LogP contribution in [-0.4, -0.2) is 19.1 Å². The van der Waals surface area contributed by atoms with Gasteiger partial charge in [-0.05, 0) is 87.9 Å². The summed E-state index contributed by atoms with van der Waals surface area (Å²) in [6.07, 6.45) is 0. The molecule has 0 fully saturated rings. The predicted octanol–water partition coefficient (Wildman–Crippen LogP) is 14.0. The normalized spacial score (nSPS) is 11.8. The van der Waals surface area contributed by atoms with Gasteiger partial charge in [0.1, 0.15) is 5.82 Å². The summed E-state index contributed by atoms with van der Waals surface area (Å²) in [7, 11) is 0. The fourth-order valence-corrected chi connectivity index (χ4v) is 8.95. The molecule has 0 saturated heterocycles.